The molecule has 0 spiro atoms. The van der Waals surface area contributed by atoms with Crippen LogP contribution in [-0.2, 0) is 6.61 Å². The summed E-state index contributed by atoms with van der Waals surface area (Å²) in [5.41, 5.74) is 1.14. The van der Waals surface area contributed by atoms with Gasteiger partial charge in [0, 0.05) is 12.7 Å². The lowest BCUT2D eigenvalue weighted by Gasteiger charge is -2.19. The summed E-state index contributed by atoms with van der Waals surface area (Å²) in [7, 11) is 0. The first-order valence-corrected chi connectivity index (χ1v) is 8.36. The molecule has 0 amide bonds. The van der Waals surface area contributed by atoms with Crippen molar-refractivity contribution >= 4 is 0 Å². The number of hydrogen-bond acceptors (Lipinski definition) is 3. The van der Waals surface area contributed by atoms with E-state index >= 15 is 0 Å². The van der Waals surface area contributed by atoms with Crippen LogP contribution >= 0.6 is 0 Å². The quantitative estimate of drug-likeness (QED) is 0.697. The highest BCUT2D eigenvalue weighted by molar-refractivity contribution is 5.33. The van der Waals surface area contributed by atoms with E-state index in [1.54, 1.807) is 0 Å². The molecular weight excluding hydrogens is 288 g/mol. The van der Waals surface area contributed by atoms with Gasteiger partial charge in [-0.3, -0.25) is 0 Å². The van der Waals surface area contributed by atoms with E-state index in [0.29, 0.717) is 6.61 Å². The summed E-state index contributed by atoms with van der Waals surface area (Å²) in [6, 6.07) is 17.9. The molecule has 1 unspecified atom stereocenters. The molecular formula is C20H26O3. The normalized spacial score (nSPS) is 11.9. The molecule has 0 aliphatic carbocycles. The van der Waals surface area contributed by atoms with E-state index in [2.05, 4.69) is 6.92 Å². The van der Waals surface area contributed by atoms with Crippen molar-refractivity contribution < 1.29 is 14.6 Å². The Balaban J connectivity index is 1.92. The third-order valence-corrected chi connectivity index (χ3v) is 3.65. The van der Waals surface area contributed by atoms with Crippen LogP contribution in [0, 0.1) is 0 Å². The molecule has 0 fully saturated rings. The fourth-order valence-corrected chi connectivity index (χ4v) is 2.47. The molecule has 2 aromatic carbocycles. The summed E-state index contributed by atoms with van der Waals surface area (Å²) in [4.78, 5) is 0. The predicted octanol–water partition coefficient (Wildman–Crippen LogP) is 4.59. The van der Waals surface area contributed by atoms with Crippen molar-refractivity contribution in [2.24, 2.45) is 0 Å². The van der Waals surface area contributed by atoms with Crippen LogP contribution in [0.15, 0.2) is 54.6 Å². The molecule has 3 heteroatoms. The summed E-state index contributed by atoms with van der Waals surface area (Å²) in [5.74, 6) is 1.63. The van der Waals surface area contributed by atoms with E-state index < -0.39 is 0 Å². The molecule has 0 bridgehead atoms. The van der Waals surface area contributed by atoms with E-state index in [1.807, 2.05) is 54.6 Å². The number of rotatable bonds is 10. The fourth-order valence-electron chi connectivity index (χ4n) is 2.47. The van der Waals surface area contributed by atoms with E-state index in [0.717, 1.165) is 42.7 Å². The second-order valence-corrected chi connectivity index (χ2v) is 5.64. The van der Waals surface area contributed by atoms with Crippen molar-refractivity contribution in [3.8, 4) is 11.5 Å². The molecule has 3 nitrogen and oxygen atoms in total. The number of aliphatic hydroxyl groups excluding tert-OH is 1. The van der Waals surface area contributed by atoms with Gasteiger partial charge in [0.2, 0.25) is 0 Å². The second kappa shape index (κ2) is 9.90. The van der Waals surface area contributed by atoms with Crippen molar-refractivity contribution in [2.45, 2.75) is 45.3 Å². The molecule has 0 heterocycles. The topological polar surface area (TPSA) is 38.7 Å². The van der Waals surface area contributed by atoms with Crippen LogP contribution in [0.2, 0.25) is 0 Å². The Kier molecular flexibility index (Phi) is 7.47. The molecule has 0 aliphatic rings. The van der Waals surface area contributed by atoms with Gasteiger partial charge in [-0.2, -0.15) is 0 Å². The van der Waals surface area contributed by atoms with Crippen LogP contribution in [-0.4, -0.2) is 17.8 Å². The van der Waals surface area contributed by atoms with Crippen molar-refractivity contribution in [3.63, 3.8) is 0 Å². The minimum atomic E-state index is 0.150. The molecule has 1 atom stereocenters. The van der Waals surface area contributed by atoms with Crippen molar-refractivity contribution in [3.05, 3.63) is 60.2 Å². The first-order chi connectivity index (χ1) is 11.3. The van der Waals surface area contributed by atoms with E-state index in [4.69, 9.17) is 14.6 Å². The molecule has 0 saturated carbocycles. The van der Waals surface area contributed by atoms with Crippen molar-refractivity contribution in [1.29, 1.82) is 0 Å². The molecule has 2 rings (SSSR count). The Labute approximate surface area is 138 Å². The lowest BCUT2D eigenvalue weighted by Crippen LogP contribution is -2.16. The first-order valence-electron chi connectivity index (χ1n) is 8.36. The van der Waals surface area contributed by atoms with Gasteiger partial charge in [0.15, 0.2) is 0 Å². The third-order valence-electron chi connectivity index (χ3n) is 3.65. The van der Waals surface area contributed by atoms with E-state index in [9.17, 15) is 0 Å². The minimum absolute atomic E-state index is 0.150. The monoisotopic (exact) mass is 314 g/mol. The second-order valence-electron chi connectivity index (χ2n) is 5.64. The smallest absolute Gasteiger partial charge is 0.123 e. The highest BCUT2D eigenvalue weighted by Gasteiger charge is 2.10. The summed E-state index contributed by atoms with van der Waals surface area (Å²) in [6.45, 7) is 2.91. The number of benzene rings is 2. The lowest BCUT2D eigenvalue weighted by molar-refractivity contribution is 0.162. The summed E-state index contributed by atoms with van der Waals surface area (Å²) < 4.78 is 11.9. The van der Waals surface area contributed by atoms with Gasteiger partial charge in [0.25, 0.3) is 0 Å². The minimum Gasteiger partial charge on any atom is -0.490 e. The molecule has 0 aromatic heterocycles. The Morgan fingerprint density at radius 1 is 0.957 bits per heavy atom. The summed E-state index contributed by atoms with van der Waals surface area (Å²) in [5, 5.41) is 9.00. The zero-order chi connectivity index (χ0) is 16.3. The zero-order valence-corrected chi connectivity index (χ0v) is 13.8. The fraction of sp³-hybridized carbons (Fsp3) is 0.400. The standard InChI is InChI=1S/C20H26O3/c1-2-8-18(13-7-14-21)23-20-12-6-11-19(15-20)22-16-17-9-4-3-5-10-17/h3-6,9-12,15,18,21H,2,7-8,13-14,16H2,1H3. The van der Waals surface area contributed by atoms with Gasteiger partial charge in [-0.25, -0.2) is 0 Å². The van der Waals surface area contributed by atoms with Crippen LogP contribution in [0.1, 0.15) is 38.2 Å². The maximum atomic E-state index is 9.00. The van der Waals surface area contributed by atoms with Crippen molar-refractivity contribution in [2.75, 3.05) is 6.61 Å². The zero-order valence-electron chi connectivity index (χ0n) is 13.8. The Morgan fingerprint density at radius 2 is 1.74 bits per heavy atom. The summed E-state index contributed by atoms with van der Waals surface area (Å²) in [6.07, 6.45) is 3.86. The molecule has 1 N–H and O–H groups in total. The largest absolute Gasteiger partial charge is 0.490 e. The van der Waals surface area contributed by atoms with Crippen LogP contribution in [0.4, 0.5) is 0 Å². The maximum absolute atomic E-state index is 9.00. The molecule has 124 valence electrons. The van der Waals surface area contributed by atoms with Gasteiger partial charge in [0.05, 0.1) is 6.10 Å². The number of aliphatic hydroxyl groups is 1. The summed E-state index contributed by atoms with van der Waals surface area (Å²) >= 11 is 0. The highest BCUT2D eigenvalue weighted by Crippen LogP contribution is 2.23. The van der Waals surface area contributed by atoms with Gasteiger partial charge in [-0.05, 0) is 37.0 Å². The average Bonchev–Trinajstić information content (AvgIpc) is 2.59. The Hall–Kier alpha value is -2.00. The van der Waals surface area contributed by atoms with Gasteiger partial charge in [0.1, 0.15) is 18.1 Å². The predicted molar refractivity (Wildman–Crippen MR) is 92.9 cm³/mol. The number of ether oxygens (including phenoxy) is 2. The van der Waals surface area contributed by atoms with Crippen LogP contribution in [0.3, 0.4) is 0 Å². The van der Waals surface area contributed by atoms with Crippen LogP contribution in [0.25, 0.3) is 0 Å². The highest BCUT2D eigenvalue weighted by atomic mass is 16.5. The average molecular weight is 314 g/mol. The molecule has 0 aliphatic heterocycles. The van der Waals surface area contributed by atoms with Crippen molar-refractivity contribution in [1.82, 2.24) is 0 Å². The molecule has 23 heavy (non-hydrogen) atoms. The van der Waals surface area contributed by atoms with E-state index in [-0.39, 0.29) is 12.7 Å². The Morgan fingerprint density at radius 3 is 2.48 bits per heavy atom. The Bertz CT molecular complexity index is 554. The third kappa shape index (κ3) is 6.33. The molecule has 2 aromatic rings. The van der Waals surface area contributed by atoms with Crippen LogP contribution < -0.4 is 9.47 Å². The van der Waals surface area contributed by atoms with Gasteiger partial charge >= 0.3 is 0 Å². The van der Waals surface area contributed by atoms with E-state index in [1.165, 1.54) is 0 Å². The SMILES string of the molecule is CCCC(CCCO)Oc1cccc(OCc2ccccc2)c1. The first kappa shape index (κ1) is 17.4. The molecule has 0 radical (unpaired) electrons. The van der Waals surface area contributed by atoms with Crippen LogP contribution in [0.5, 0.6) is 11.5 Å². The van der Waals surface area contributed by atoms with Gasteiger partial charge in [-0.15, -0.1) is 0 Å². The molecule has 0 saturated heterocycles. The van der Waals surface area contributed by atoms with Gasteiger partial charge < -0.3 is 14.6 Å². The number of hydrogen-bond donors (Lipinski definition) is 1. The maximum Gasteiger partial charge on any atom is 0.123 e. The van der Waals surface area contributed by atoms with Gasteiger partial charge in [-0.1, -0.05) is 49.7 Å². The lowest BCUT2D eigenvalue weighted by atomic mass is 10.1.